The van der Waals surface area contributed by atoms with Gasteiger partial charge < -0.3 is 15.2 Å². The molecule has 0 aliphatic heterocycles. The molecular weight excluding hydrogens is 442 g/mol. The Labute approximate surface area is 205 Å². The second kappa shape index (κ2) is 10.5. The van der Waals surface area contributed by atoms with E-state index in [-0.39, 0.29) is 17.9 Å². The third-order valence-electron chi connectivity index (χ3n) is 5.69. The number of aryl methyl sites for hydroxylation is 1. The average Bonchev–Trinajstić information content (AvgIpc) is 2.86. The SMILES string of the molecule is Cc1ccc(CC(Nc2nc(O)nc([N+](C)(C)C(=O)OC3=CC[CH]C=C3)n2)c2ccccc2)cc1. The second-order valence-electron chi connectivity index (χ2n) is 8.81. The van der Waals surface area contributed by atoms with Crippen LogP contribution in [-0.2, 0) is 11.2 Å². The lowest BCUT2D eigenvalue weighted by molar-refractivity contribution is 0.147. The smallest absolute Gasteiger partial charge is 0.479 e. The first-order chi connectivity index (χ1) is 16.8. The summed E-state index contributed by atoms with van der Waals surface area (Å²) in [5, 5.41) is 13.6. The lowest BCUT2D eigenvalue weighted by Crippen LogP contribution is -2.48. The number of quaternary nitrogens is 1. The van der Waals surface area contributed by atoms with Crippen LogP contribution < -0.4 is 9.80 Å². The number of anilines is 1. The van der Waals surface area contributed by atoms with Crippen LogP contribution in [0.4, 0.5) is 16.7 Å². The molecule has 8 nitrogen and oxygen atoms in total. The Hall–Kier alpha value is -4.04. The molecule has 0 bridgehead atoms. The highest BCUT2D eigenvalue weighted by Gasteiger charge is 2.37. The Bertz CT molecular complexity index is 1240. The minimum atomic E-state index is -0.585. The van der Waals surface area contributed by atoms with Crippen LogP contribution in [0.25, 0.3) is 0 Å². The van der Waals surface area contributed by atoms with Crippen molar-refractivity contribution in [2.24, 2.45) is 0 Å². The van der Waals surface area contributed by atoms with Crippen LogP contribution in [0.3, 0.4) is 0 Å². The average molecular weight is 472 g/mol. The van der Waals surface area contributed by atoms with Gasteiger partial charge in [0.05, 0.1) is 20.1 Å². The molecule has 0 saturated heterocycles. The molecule has 1 aliphatic rings. The normalized spacial score (nSPS) is 14.2. The molecule has 1 aliphatic carbocycles. The van der Waals surface area contributed by atoms with Gasteiger partial charge in [-0.2, -0.15) is 14.3 Å². The third kappa shape index (κ3) is 6.10. The van der Waals surface area contributed by atoms with Gasteiger partial charge in [-0.15, -0.1) is 9.97 Å². The van der Waals surface area contributed by atoms with E-state index in [9.17, 15) is 9.90 Å². The van der Waals surface area contributed by atoms with Crippen LogP contribution in [-0.4, -0.2) is 40.2 Å². The molecule has 8 heteroatoms. The summed E-state index contributed by atoms with van der Waals surface area (Å²) in [4.78, 5) is 25.5. The van der Waals surface area contributed by atoms with Crippen molar-refractivity contribution < 1.29 is 14.6 Å². The number of nitrogens with one attached hydrogen (secondary N) is 1. The number of amides is 1. The fourth-order valence-electron chi connectivity index (χ4n) is 3.59. The van der Waals surface area contributed by atoms with E-state index in [4.69, 9.17) is 4.74 Å². The van der Waals surface area contributed by atoms with Crippen molar-refractivity contribution in [1.29, 1.82) is 0 Å². The van der Waals surface area contributed by atoms with Gasteiger partial charge in [0.2, 0.25) is 5.95 Å². The van der Waals surface area contributed by atoms with E-state index in [0.29, 0.717) is 18.6 Å². The maximum absolute atomic E-state index is 12.9. The van der Waals surface area contributed by atoms with Crippen molar-refractivity contribution in [3.63, 3.8) is 0 Å². The van der Waals surface area contributed by atoms with E-state index < -0.39 is 16.6 Å². The summed E-state index contributed by atoms with van der Waals surface area (Å²) in [5.41, 5.74) is 3.37. The summed E-state index contributed by atoms with van der Waals surface area (Å²) in [6.45, 7) is 2.05. The molecule has 4 rings (SSSR count). The number of aromatic hydroxyl groups is 1. The summed E-state index contributed by atoms with van der Waals surface area (Å²) < 4.78 is 5.08. The molecule has 0 spiro atoms. The summed E-state index contributed by atoms with van der Waals surface area (Å²) in [6.07, 6.45) is 8.09. The first-order valence-electron chi connectivity index (χ1n) is 11.4. The fraction of sp³-hybridized carbons (Fsp3) is 0.222. The molecule has 1 amide bonds. The van der Waals surface area contributed by atoms with E-state index in [1.807, 2.05) is 48.9 Å². The zero-order chi connectivity index (χ0) is 24.8. The topological polar surface area (TPSA) is 97.2 Å². The molecular formula is C27H29N5O3+. The molecule has 0 saturated carbocycles. The molecule has 2 N–H and O–H groups in total. The molecule has 35 heavy (non-hydrogen) atoms. The Balaban J connectivity index is 1.60. The van der Waals surface area contributed by atoms with Crippen molar-refractivity contribution in [3.05, 3.63) is 102 Å². The predicted octanol–water partition coefficient (Wildman–Crippen LogP) is 5.03. The van der Waals surface area contributed by atoms with Gasteiger partial charge in [0, 0.05) is 0 Å². The van der Waals surface area contributed by atoms with Gasteiger partial charge in [-0.05, 0) is 49.5 Å². The molecule has 3 aromatic rings. The fourth-order valence-corrected chi connectivity index (χ4v) is 3.59. The van der Waals surface area contributed by atoms with Gasteiger partial charge in [-0.3, -0.25) is 0 Å². The lowest BCUT2D eigenvalue weighted by atomic mass is 9.98. The van der Waals surface area contributed by atoms with Crippen LogP contribution in [0.1, 0.15) is 29.2 Å². The van der Waals surface area contributed by atoms with Crippen molar-refractivity contribution in [3.8, 4) is 6.01 Å². The van der Waals surface area contributed by atoms with Crippen LogP contribution in [0, 0.1) is 13.3 Å². The molecule has 0 fully saturated rings. The lowest BCUT2D eigenvalue weighted by Gasteiger charge is -2.24. The minimum absolute atomic E-state index is 0.0547. The van der Waals surface area contributed by atoms with Gasteiger partial charge in [-0.25, -0.2) is 0 Å². The number of nitrogens with zero attached hydrogens (tertiary/aromatic N) is 4. The van der Waals surface area contributed by atoms with Crippen molar-refractivity contribution in [1.82, 2.24) is 19.4 Å². The van der Waals surface area contributed by atoms with Crippen molar-refractivity contribution in [2.75, 3.05) is 19.4 Å². The highest BCUT2D eigenvalue weighted by molar-refractivity contribution is 5.80. The zero-order valence-corrected chi connectivity index (χ0v) is 20.0. The predicted molar refractivity (Wildman–Crippen MR) is 135 cm³/mol. The largest absolute Gasteiger partial charge is 0.528 e. The van der Waals surface area contributed by atoms with Crippen LogP contribution in [0.15, 0.2) is 78.6 Å². The maximum Gasteiger partial charge on any atom is 0.528 e. The number of hydrogen-bond donors (Lipinski definition) is 2. The molecule has 1 aromatic heterocycles. The third-order valence-corrected chi connectivity index (χ3v) is 5.69. The number of allylic oxidation sites excluding steroid dienone is 3. The van der Waals surface area contributed by atoms with Crippen molar-refractivity contribution in [2.45, 2.75) is 25.8 Å². The number of ether oxygens (including phenoxy) is 1. The molecule has 2 aromatic carbocycles. The Morgan fingerprint density at radius 3 is 2.51 bits per heavy atom. The van der Waals surface area contributed by atoms with Crippen LogP contribution >= 0.6 is 0 Å². The van der Waals surface area contributed by atoms with Gasteiger partial charge in [0.1, 0.15) is 5.76 Å². The highest BCUT2D eigenvalue weighted by atomic mass is 16.6. The highest BCUT2D eigenvalue weighted by Crippen LogP contribution is 2.26. The van der Waals surface area contributed by atoms with E-state index >= 15 is 0 Å². The maximum atomic E-state index is 12.9. The molecule has 1 unspecified atom stereocenters. The minimum Gasteiger partial charge on any atom is -0.479 e. The van der Waals surface area contributed by atoms with Crippen LogP contribution in [0.2, 0.25) is 0 Å². The monoisotopic (exact) mass is 471 g/mol. The molecule has 1 atom stereocenters. The zero-order valence-electron chi connectivity index (χ0n) is 20.0. The number of carbonyl (C=O) groups is 1. The molecule has 1 radical (unpaired) electrons. The number of benzene rings is 2. The summed E-state index contributed by atoms with van der Waals surface area (Å²) in [6, 6.07) is 17.6. The van der Waals surface area contributed by atoms with Crippen molar-refractivity contribution >= 4 is 18.0 Å². The van der Waals surface area contributed by atoms with E-state index in [1.165, 1.54) is 5.56 Å². The first-order valence-corrected chi connectivity index (χ1v) is 11.4. The second-order valence-corrected chi connectivity index (χ2v) is 8.81. The first kappa shape index (κ1) is 24.1. The van der Waals surface area contributed by atoms with E-state index in [1.54, 1.807) is 20.2 Å². The summed E-state index contributed by atoms with van der Waals surface area (Å²) in [7, 11) is 3.20. The molecule has 1 heterocycles. The number of carbonyl (C=O) groups excluding carboxylic acids is 1. The Morgan fingerprint density at radius 1 is 1.09 bits per heavy atom. The quantitative estimate of drug-likeness (QED) is 0.466. The Kier molecular flexibility index (Phi) is 7.22. The number of hydrogen-bond acceptors (Lipinski definition) is 7. The van der Waals surface area contributed by atoms with Gasteiger partial charge in [-0.1, -0.05) is 66.2 Å². The number of aromatic nitrogens is 3. The Morgan fingerprint density at radius 2 is 1.83 bits per heavy atom. The van der Waals surface area contributed by atoms with Gasteiger partial charge >= 0.3 is 18.1 Å². The van der Waals surface area contributed by atoms with Gasteiger partial charge in [0.25, 0.3) is 0 Å². The summed E-state index contributed by atoms with van der Waals surface area (Å²) >= 11 is 0. The molecule has 179 valence electrons. The van der Waals surface area contributed by atoms with Gasteiger partial charge in [0.15, 0.2) is 0 Å². The standard InChI is InChI=1S/C27H28N5O3/c1-19-14-16-20(17-15-19)18-23(21-10-6-4-7-11-21)28-24-29-25(31-26(33)30-24)32(2,3)27(34)35-22-12-8-5-9-13-22/h4-8,10-17,23H,9,18H2,1-3H3,(H-,28,29,30,31,33)/p+1. The van der Waals surface area contributed by atoms with E-state index in [2.05, 4.69) is 51.5 Å². The number of rotatable bonds is 7. The van der Waals surface area contributed by atoms with E-state index in [0.717, 1.165) is 11.1 Å². The summed E-state index contributed by atoms with van der Waals surface area (Å²) in [5.74, 6) is 0.681. The van der Waals surface area contributed by atoms with Crippen LogP contribution in [0.5, 0.6) is 6.01 Å².